The first-order valence-electron chi connectivity index (χ1n) is 5.58. The van der Waals surface area contributed by atoms with Crippen LogP contribution in [0.3, 0.4) is 0 Å². The molecule has 1 aromatic rings. The Labute approximate surface area is 86.5 Å². The minimum Gasteiger partial charge on any atom is -0.309 e. The van der Waals surface area contributed by atoms with Crippen molar-refractivity contribution in [3.63, 3.8) is 0 Å². The summed E-state index contributed by atoms with van der Waals surface area (Å²) in [4.78, 5) is 0. The summed E-state index contributed by atoms with van der Waals surface area (Å²) in [7, 11) is 0. The molecule has 0 saturated carbocycles. The number of hydrogen-bond donors (Lipinski definition) is 1. The Morgan fingerprint density at radius 2 is 2.21 bits per heavy atom. The summed E-state index contributed by atoms with van der Waals surface area (Å²) in [6.45, 7) is 8.56. The second kappa shape index (κ2) is 5.81. The summed E-state index contributed by atoms with van der Waals surface area (Å²) < 4.78 is 2.11. The molecule has 1 heterocycles. The molecule has 0 fully saturated rings. The molecule has 0 amide bonds. The molecule has 0 aliphatic carbocycles. The zero-order valence-electron chi connectivity index (χ0n) is 9.45. The average molecular weight is 195 g/mol. The van der Waals surface area contributed by atoms with Crippen molar-refractivity contribution in [1.82, 2.24) is 15.1 Å². The molecule has 14 heavy (non-hydrogen) atoms. The van der Waals surface area contributed by atoms with Crippen molar-refractivity contribution >= 4 is 0 Å². The lowest BCUT2D eigenvalue weighted by Gasteiger charge is -2.17. The Hall–Kier alpha value is -0.830. The molecule has 0 bridgehead atoms. The Morgan fingerprint density at radius 3 is 2.79 bits per heavy atom. The summed E-state index contributed by atoms with van der Waals surface area (Å²) in [5.74, 6) is 0. The van der Waals surface area contributed by atoms with E-state index in [1.54, 1.807) is 0 Å². The summed E-state index contributed by atoms with van der Waals surface area (Å²) in [5, 5.41) is 7.81. The van der Waals surface area contributed by atoms with Crippen LogP contribution >= 0.6 is 0 Å². The van der Waals surface area contributed by atoms with Gasteiger partial charge in [-0.05, 0) is 25.5 Å². The number of aryl methyl sites for hydroxylation is 1. The third-order valence-electron chi connectivity index (χ3n) is 2.40. The first-order valence-corrected chi connectivity index (χ1v) is 5.58. The maximum Gasteiger partial charge on any atom is 0.0553 e. The molecule has 1 aromatic heterocycles. The molecule has 3 nitrogen and oxygen atoms in total. The fourth-order valence-electron chi connectivity index (χ4n) is 1.74. The van der Waals surface area contributed by atoms with Crippen LogP contribution in [-0.2, 0) is 6.54 Å². The van der Waals surface area contributed by atoms with Crippen molar-refractivity contribution in [2.75, 3.05) is 6.54 Å². The zero-order valence-corrected chi connectivity index (χ0v) is 9.45. The number of aromatic nitrogens is 2. The lowest BCUT2D eigenvalue weighted by molar-refractivity contribution is 0.470. The van der Waals surface area contributed by atoms with E-state index < -0.39 is 0 Å². The van der Waals surface area contributed by atoms with Gasteiger partial charge in [0.05, 0.1) is 5.69 Å². The monoisotopic (exact) mass is 195 g/mol. The molecule has 0 radical (unpaired) electrons. The van der Waals surface area contributed by atoms with E-state index >= 15 is 0 Å². The third-order valence-corrected chi connectivity index (χ3v) is 2.40. The summed E-state index contributed by atoms with van der Waals surface area (Å²) in [6, 6.07) is 2.57. The Morgan fingerprint density at radius 1 is 1.43 bits per heavy atom. The molecule has 0 aliphatic rings. The first kappa shape index (κ1) is 11.2. The molecule has 0 saturated heterocycles. The fourth-order valence-corrected chi connectivity index (χ4v) is 1.74. The van der Waals surface area contributed by atoms with Crippen LogP contribution in [0.25, 0.3) is 0 Å². The smallest absolute Gasteiger partial charge is 0.0553 e. The lowest BCUT2D eigenvalue weighted by atomic mass is 10.1. The predicted molar refractivity (Wildman–Crippen MR) is 59.2 cm³/mol. The van der Waals surface area contributed by atoms with E-state index in [9.17, 15) is 0 Å². The Kier molecular flexibility index (Phi) is 4.66. The maximum atomic E-state index is 4.33. The van der Waals surface area contributed by atoms with Gasteiger partial charge >= 0.3 is 0 Å². The van der Waals surface area contributed by atoms with E-state index in [4.69, 9.17) is 0 Å². The SMILES string of the molecule is CCCn1nccc1C(CC)NCC. The van der Waals surface area contributed by atoms with Crippen molar-refractivity contribution in [1.29, 1.82) is 0 Å². The van der Waals surface area contributed by atoms with Gasteiger partial charge < -0.3 is 5.32 Å². The molecule has 0 spiro atoms. The van der Waals surface area contributed by atoms with Crippen LogP contribution in [0, 0.1) is 0 Å². The number of hydrogen-bond acceptors (Lipinski definition) is 2. The van der Waals surface area contributed by atoms with Gasteiger partial charge in [0, 0.05) is 18.8 Å². The average Bonchev–Trinajstić information content (AvgIpc) is 2.63. The second-order valence-electron chi connectivity index (χ2n) is 3.50. The minimum atomic E-state index is 0.453. The van der Waals surface area contributed by atoms with Gasteiger partial charge in [-0.2, -0.15) is 5.10 Å². The highest BCUT2D eigenvalue weighted by Crippen LogP contribution is 2.15. The predicted octanol–water partition coefficient (Wildman–Crippen LogP) is 2.35. The van der Waals surface area contributed by atoms with Crippen molar-refractivity contribution in [3.8, 4) is 0 Å². The van der Waals surface area contributed by atoms with Crippen molar-refractivity contribution in [3.05, 3.63) is 18.0 Å². The molecule has 0 aliphatic heterocycles. The maximum absolute atomic E-state index is 4.33. The van der Waals surface area contributed by atoms with E-state index in [-0.39, 0.29) is 0 Å². The zero-order chi connectivity index (χ0) is 10.4. The lowest BCUT2D eigenvalue weighted by Crippen LogP contribution is -2.23. The molecule has 1 unspecified atom stereocenters. The number of rotatable bonds is 6. The van der Waals surface area contributed by atoms with Crippen LogP contribution in [-0.4, -0.2) is 16.3 Å². The molecule has 1 rings (SSSR count). The van der Waals surface area contributed by atoms with E-state index in [0.717, 1.165) is 25.9 Å². The molecule has 1 N–H and O–H groups in total. The molecule has 80 valence electrons. The van der Waals surface area contributed by atoms with E-state index in [0.29, 0.717) is 6.04 Å². The Balaban J connectivity index is 2.74. The van der Waals surface area contributed by atoms with Crippen LogP contribution in [0.4, 0.5) is 0 Å². The molecular weight excluding hydrogens is 174 g/mol. The molecule has 3 heteroatoms. The van der Waals surface area contributed by atoms with Crippen molar-refractivity contribution < 1.29 is 0 Å². The van der Waals surface area contributed by atoms with Gasteiger partial charge in [0.1, 0.15) is 0 Å². The molecule has 0 aromatic carbocycles. The van der Waals surface area contributed by atoms with Crippen LogP contribution < -0.4 is 5.32 Å². The summed E-state index contributed by atoms with van der Waals surface area (Å²) >= 11 is 0. The van der Waals surface area contributed by atoms with Crippen molar-refractivity contribution in [2.45, 2.75) is 46.2 Å². The van der Waals surface area contributed by atoms with E-state index in [1.165, 1.54) is 5.69 Å². The van der Waals surface area contributed by atoms with Gasteiger partial charge in [0.15, 0.2) is 0 Å². The fraction of sp³-hybridized carbons (Fsp3) is 0.727. The van der Waals surface area contributed by atoms with Gasteiger partial charge in [-0.1, -0.05) is 20.8 Å². The van der Waals surface area contributed by atoms with Gasteiger partial charge in [0.2, 0.25) is 0 Å². The quantitative estimate of drug-likeness (QED) is 0.755. The minimum absolute atomic E-state index is 0.453. The Bertz CT molecular complexity index is 255. The highest BCUT2D eigenvalue weighted by Gasteiger charge is 2.11. The molecule has 1 atom stereocenters. The topological polar surface area (TPSA) is 29.9 Å². The molecular formula is C11H21N3. The normalized spacial score (nSPS) is 13.1. The largest absolute Gasteiger partial charge is 0.309 e. The first-order chi connectivity index (χ1) is 6.83. The van der Waals surface area contributed by atoms with Crippen molar-refractivity contribution in [2.24, 2.45) is 0 Å². The number of nitrogens with zero attached hydrogens (tertiary/aromatic N) is 2. The van der Waals surface area contributed by atoms with Gasteiger partial charge in [-0.3, -0.25) is 4.68 Å². The third kappa shape index (κ3) is 2.58. The van der Waals surface area contributed by atoms with Crippen LogP contribution in [0.5, 0.6) is 0 Å². The van der Waals surface area contributed by atoms with E-state index in [2.05, 4.69) is 41.9 Å². The number of nitrogens with one attached hydrogen (secondary N) is 1. The highest BCUT2D eigenvalue weighted by molar-refractivity contribution is 5.06. The second-order valence-corrected chi connectivity index (χ2v) is 3.50. The standard InChI is InChI=1S/C11H21N3/c1-4-9-14-11(7-8-13-14)10(5-2)12-6-3/h7-8,10,12H,4-6,9H2,1-3H3. The van der Waals surface area contributed by atoms with Gasteiger partial charge in [0.25, 0.3) is 0 Å². The van der Waals surface area contributed by atoms with Gasteiger partial charge in [-0.25, -0.2) is 0 Å². The van der Waals surface area contributed by atoms with E-state index in [1.807, 2.05) is 6.20 Å². The van der Waals surface area contributed by atoms with Crippen LogP contribution in [0.2, 0.25) is 0 Å². The van der Waals surface area contributed by atoms with Crippen LogP contribution in [0.1, 0.15) is 45.3 Å². The summed E-state index contributed by atoms with van der Waals surface area (Å²) in [6.07, 6.45) is 4.14. The summed E-state index contributed by atoms with van der Waals surface area (Å²) in [5.41, 5.74) is 1.32. The van der Waals surface area contributed by atoms with Gasteiger partial charge in [-0.15, -0.1) is 0 Å². The van der Waals surface area contributed by atoms with Crippen LogP contribution in [0.15, 0.2) is 12.3 Å². The highest BCUT2D eigenvalue weighted by atomic mass is 15.3.